The summed E-state index contributed by atoms with van der Waals surface area (Å²) in [7, 11) is 0. The second-order valence-corrected chi connectivity index (χ2v) is 10.7. The van der Waals surface area contributed by atoms with Gasteiger partial charge in [0.25, 0.3) is 0 Å². The summed E-state index contributed by atoms with van der Waals surface area (Å²) in [6.45, 7) is 0. The predicted molar refractivity (Wildman–Crippen MR) is 135 cm³/mol. The molecule has 0 radical (unpaired) electrons. The third-order valence-corrected chi connectivity index (χ3v) is 8.14. The summed E-state index contributed by atoms with van der Waals surface area (Å²) in [4.78, 5) is 26.7. The Hall–Kier alpha value is -3.10. The average molecular weight is 545 g/mol. The molecule has 2 bridgehead atoms. The van der Waals surface area contributed by atoms with E-state index < -0.39 is 17.8 Å². The van der Waals surface area contributed by atoms with Crippen molar-refractivity contribution >= 4 is 40.8 Å². The van der Waals surface area contributed by atoms with Crippen molar-refractivity contribution in [1.29, 1.82) is 0 Å². The lowest BCUT2D eigenvalue weighted by atomic mass is 9.98. The van der Waals surface area contributed by atoms with Crippen molar-refractivity contribution in [1.82, 2.24) is 5.16 Å². The number of ether oxygens (including phenoxy) is 1. The molecule has 192 valence electrons. The number of anilines is 1. The topological polar surface area (TPSA) is 92.9 Å². The Morgan fingerprint density at radius 2 is 1.73 bits per heavy atom. The lowest BCUT2D eigenvalue weighted by molar-refractivity contribution is 0.0202. The quantitative estimate of drug-likeness (QED) is 0.344. The monoisotopic (exact) mass is 544 g/mol. The first-order chi connectivity index (χ1) is 17.8. The number of carbonyl (C=O) groups is 2. The van der Waals surface area contributed by atoms with Gasteiger partial charge in [-0.15, -0.1) is 0 Å². The normalized spacial score (nSPS) is 22.8. The zero-order valence-electron chi connectivity index (χ0n) is 19.6. The molecule has 3 aliphatic rings. The van der Waals surface area contributed by atoms with Gasteiger partial charge in [0.1, 0.15) is 23.2 Å². The summed E-state index contributed by atoms with van der Waals surface area (Å²) in [5.41, 5.74) is 1.27. The summed E-state index contributed by atoms with van der Waals surface area (Å²) >= 11 is 12.8. The van der Waals surface area contributed by atoms with Gasteiger partial charge >= 0.3 is 11.9 Å². The molecule has 6 rings (SSSR count). The molecule has 1 saturated carbocycles. The van der Waals surface area contributed by atoms with Crippen LogP contribution in [0.1, 0.15) is 70.9 Å². The minimum absolute atomic E-state index is 0.0235. The number of benzene rings is 2. The molecule has 10 heteroatoms. The third-order valence-electron chi connectivity index (χ3n) is 7.51. The van der Waals surface area contributed by atoms with E-state index in [1.165, 1.54) is 12.1 Å². The van der Waals surface area contributed by atoms with Gasteiger partial charge < -0.3 is 19.3 Å². The number of nitrogens with zero attached hydrogens (tertiary/aromatic N) is 2. The van der Waals surface area contributed by atoms with Crippen LogP contribution in [-0.4, -0.2) is 40.4 Å². The predicted octanol–water partition coefficient (Wildman–Crippen LogP) is 6.72. The highest BCUT2D eigenvalue weighted by Gasteiger charge is 2.44. The maximum absolute atomic E-state index is 14.8. The summed E-state index contributed by atoms with van der Waals surface area (Å²) in [5, 5.41) is 14.0. The Kier molecular flexibility index (Phi) is 6.12. The number of aromatic carboxylic acids is 1. The second-order valence-electron chi connectivity index (χ2n) is 9.90. The molecule has 3 heterocycles. The molecule has 3 aromatic rings. The molecule has 1 aliphatic carbocycles. The summed E-state index contributed by atoms with van der Waals surface area (Å²) < 4.78 is 26.5. The Morgan fingerprint density at radius 1 is 1.05 bits per heavy atom. The fourth-order valence-electron chi connectivity index (χ4n) is 5.70. The number of piperidine rings is 1. The molecule has 3 atom stereocenters. The Balaban J connectivity index is 1.24. The summed E-state index contributed by atoms with van der Waals surface area (Å²) in [6, 6.07) is 9.02. The molecule has 1 aromatic heterocycles. The van der Waals surface area contributed by atoms with Gasteiger partial charge in [-0.1, -0.05) is 34.4 Å². The van der Waals surface area contributed by atoms with E-state index in [4.69, 9.17) is 37.6 Å². The molecule has 2 aromatic carbocycles. The molecule has 7 nitrogen and oxygen atoms in total. The molecule has 37 heavy (non-hydrogen) atoms. The van der Waals surface area contributed by atoms with Crippen molar-refractivity contribution < 1.29 is 28.3 Å². The van der Waals surface area contributed by atoms with E-state index in [1.807, 2.05) is 4.90 Å². The van der Waals surface area contributed by atoms with E-state index in [0.29, 0.717) is 39.9 Å². The number of aromatic nitrogens is 1. The van der Waals surface area contributed by atoms with Gasteiger partial charge in [-0.05, 0) is 56.0 Å². The highest BCUT2D eigenvalue weighted by molar-refractivity contribution is 6.39. The second kappa shape index (κ2) is 9.33. The molecule has 1 N–H and O–H groups in total. The molecule has 0 unspecified atom stereocenters. The van der Waals surface area contributed by atoms with Gasteiger partial charge in [0.05, 0.1) is 21.3 Å². The first-order valence-corrected chi connectivity index (χ1v) is 13.0. The van der Waals surface area contributed by atoms with Crippen LogP contribution in [0.3, 0.4) is 0 Å². The lowest BCUT2D eigenvalue weighted by Gasteiger charge is -2.40. The van der Waals surface area contributed by atoms with Crippen molar-refractivity contribution in [2.75, 3.05) is 4.90 Å². The molecule has 2 saturated heterocycles. The fourth-order valence-corrected chi connectivity index (χ4v) is 6.27. The first kappa shape index (κ1) is 24.2. The van der Waals surface area contributed by atoms with Crippen LogP contribution < -0.4 is 4.90 Å². The number of carbonyl (C=O) groups excluding carboxylic acids is 1. The first-order valence-electron chi connectivity index (χ1n) is 12.3. The van der Waals surface area contributed by atoms with Crippen LogP contribution in [0.2, 0.25) is 10.0 Å². The number of fused-ring (bicyclic) bond motifs is 2. The Bertz CT molecular complexity index is 1370. The van der Waals surface area contributed by atoms with E-state index in [9.17, 15) is 14.0 Å². The molecule has 0 amide bonds. The van der Waals surface area contributed by atoms with Crippen molar-refractivity contribution in [3.8, 4) is 11.3 Å². The Morgan fingerprint density at radius 3 is 2.32 bits per heavy atom. The lowest BCUT2D eigenvalue weighted by Crippen LogP contribution is -2.46. The summed E-state index contributed by atoms with van der Waals surface area (Å²) in [5.74, 6) is -1.65. The number of carboxylic acid groups (broad SMARTS) is 1. The zero-order valence-corrected chi connectivity index (χ0v) is 21.1. The van der Waals surface area contributed by atoms with Gasteiger partial charge in [-0.25, -0.2) is 14.0 Å². The van der Waals surface area contributed by atoms with E-state index >= 15 is 0 Å². The van der Waals surface area contributed by atoms with Crippen LogP contribution >= 0.6 is 23.2 Å². The maximum Gasteiger partial charge on any atom is 0.344 e. The number of esters is 1. The van der Waals surface area contributed by atoms with Crippen LogP contribution in [0.5, 0.6) is 0 Å². The highest BCUT2D eigenvalue weighted by atomic mass is 35.5. The fraction of sp³-hybridized carbons (Fsp3) is 0.370. The minimum atomic E-state index is -1.17. The van der Waals surface area contributed by atoms with Crippen LogP contribution in [0.25, 0.3) is 11.3 Å². The number of rotatable bonds is 6. The largest absolute Gasteiger partial charge is 0.478 e. The number of halogens is 3. The minimum Gasteiger partial charge on any atom is -0.478 e. The number of carboxylic acids is 1. The standard InChI is InChI=1S/C27H23Cl2FN2O5/c28-18-2-1-3-19(29)22(18)24-23(25(37-31-24)13-4-5-13)27(35)36-17-11-15-7-8-16(12-17)32(15)21-9-6-14(26(33)34)10-20(21)30/h1-3,6,9-10,13,15-17H,4-5,7-8,11-12H2,(H,33,34)/t15-,16+,17+. The SMILES string of the molecule is O=C(O)c1ccc(N2[C@@H]3CC[C@H]2C[C@@H](OC(=O)c2c(-c4c(Cl)cccc4Cl)noc2C2CC2)C3)c(F)c1. The van der Waals surface area contributed by atoms with Crippen molar-refractivity contribution in [3.63, 3.8) is 0 Å². The average Bonchev–Trinajstić information content (AvgIpc) is 3.55. The Labute approximate surface area is 222 Å². The van der Waals surface area contributed by atoms with E-state index in [2.05, 4.69) is 5.16 Å². The van der Waals surface area contributed by atoms with Gasteiger partial charge in [0.15, 0.2) is 5.76 Å². The zero-order chi connectivity index (χ0) is 25.8. The number of hydrogen-bond acceptors (Lipinski definition) is 6. The number of hydrogen-bond donors (Lipinski definition) is 1. The van der Waals surface area contributed by atoms with E-state index in [0.717, 1.165) is 31.7 Å². The van der Waals surface area contributed by atoms with Crippen molar-refractivity contribution in [3.05, 3.63) is 69.1 Å². The van der Waals surface area contributed by atoms with Crippen molar-refractivity contribution in [2.24, 2.45) is 0 Å². The van der Waals surface area contributed by atoms with Crippen LogP contribution in [0.4, 0.5) is 10.1 Å². The van der Waals surface area contributed by atoms with Crippen LogP contribution in [-0.2, 0) is 4.74 Å². The maximum atomic E-state index is 14.8. The van der Waals surface area contributed by atoms with E-state index in [-0.39, 0.29) is 40.9 Å². The summed E-state index contributed by atoms with van der Waals surface area (Å²) in [6.07, 6.45) is 4.18. The van der Waals surface area contributed by atoms with Gasteiger partial charge in [-0.3, -0.25) is 0 Å². The third kappa shape index (κ3) is 4.36. The van der Waals surface area contributed by atoms with Gasteiger partial charge in [0.2, 0.25) is 0 Å². The molecular weight excluding hydrogens is 522 g/mol. The smallest absolute Gasteiger partial charge is 0.344 e. The molecule has 2 aliphatic heterocycles. The van der Waals surface area contributed by atoms with Crippen molar-refractivity contribution in [2.45, 2.75) is 62.6 Å². The molecular formula is C27H23Cl2FN2O5. The van der Waals surface area contributed by atoms with Gasteiger partial charge in [-0.2, -0.15) is 0 Å². The van der Waals surface area contributed by atoms with Crippen LogP contribution in [0.15, 0.2) is 40.9 Å². The van der Waals surface area contributed by atoms with Gasteiger partial charge in [0, 0.05) is 36.4 Å². The molecule has 3 fully saturated rings. The van der Waals surface area contributed by atoms with E-state index in [1.54, 1.807) is 18.2 Å². The highest BCUT2D eigenvalue weighted by Crippen LogP contribution is 2.47. The molecule has 0 spiro atoms. The van der Waals surface area contributed by atoms with Crippen LogP contribution in [0, 0.1) is 5.82 Å².